The van der Waals surface area contributed by atoms with Gasteiger partial charge in [-0.05, 0) is 74.0 Å². The first-order valence-corrected chi connectivity index (χ1v) is 12.5. The Balaban J connectivity index is 1.47. The minimum absolute atomic E-state index is 0.172. The molecule has 0 N–H and O–H groups in total. The Morgan fingerprint density at radius 2 is 1.97 bits per heavy atom. The number of rotatable bonds is 6. The van der Waals surface area contributed by atoms with Crippen LogP contribution in [-0.4, -0.2) is 41.1 Å². The second kappa shape index (κ2) is 8.97. The van der Waals surface area contributed by atoms with Gasteiger partial charge in [0.25, 0.3) is 0 Å². The van der Waals surface area contributed by atoms with Crippen molar-refractivity contribution in [1.29, 1.82) is 0 Å². The summed E-state index contributed by atoms with van der Waals surface area (Å²) in [6, 6.07) is 18.8. The summed E-state index contributed by atoms with van der Waals surface area (Å²) in [6.45, 7) is 8.36. The van der Waals surface area contributed by atoms with Crippen LogP contribution in [0.3, 0.4) is 0 Å². The zero-order valence-corrected chi connectivity index (χ0v) is 20.4. The minimum Gasteiger partial charge on any atom is -0.497 e. The molecule has 3 aliphatic rings. The van der Waals surface area contributed by atoms with Gasteiger partial charge < -0.3 is 9.47 Å². The van der Waals surface area contributed by atoms with Gasteiger partial charge in [0.05, 0.1) is 24.2 Å². The van der Waals surface area contributed by atoms with E-state index >= 15 is 0 Å². The summed E-state index contributed by atoms with van der Waals surface area (Å²) in [4.78, 5) is 12.1. The van der Waals surface area contributed by atoms with Crippen molar-refractivity contribution in [2.75, 3.05) is 20.2 Å². The normalized spacial score (nSPS) is 24.4. The number of aryl methyl sites for hydroxylation is 1. The summed E-state index contributed by atoms with van der Waals surface area (Å²) in [6.07, 6.45) is 6.17. The SMILES string of the molecule is C=CC1CN2CCC1C[C@@H]2C(Oc1cc(C)c2ccccc2n1)c1ccnc2ccc(OC)cc12. The quantitative estimate of drug-likeness (QED) is 0.321. The summed E-state index contributed by atoms with van der Waals surface area (Å²) in [5.74, 6) is 2.68. The number of para-hydroxylation sites is 1. The molecule has 178 valence electrons. The fourth-order valence-corrected chi connectivity index (χ4v) is 6.07. The van der Waals surface area contributed by atoms with E-state index in [4.69, 9.17) is 14.5 Å². The van der Waals surface area contributed by atoms with E-state index < -0.39 is 0 Å². The predicted molar refractivity (Wildman–Crippen MR) is 140 cm³/mol. The molecule has 3 aliphatic heterocycles. The van der Waals surface area contributed by atoms with Gasteiger partial charge in [0.1, 0.15) is 11.9 Å². The van der Waals surface area contributed by atoms with Crippen LogP contribution in [0.4, 0.5) is 0 Å². The number of fused-ring (bicyclic) bond motifs is 5. The Bertz CT molecular complexity index is 1400. The Labute approximate surface area is 206 Å². The van der Waals surface area contributed by atoms with Crippen LogP contribution in [0.2, 0.25) is 0 Å². The molecule has 0 saturated carbocycles. The summed E-state index contributed by atoms with van der Waals surface area (Å²) >= 11 is 0. The molecule has 4 aromatic rings. The molecular weight excluding hydrogens is 434 g/mol. The monoisotopic (exact) mass is 465 g/mol. The Morgan fingerprint density at radius 1 is 1.09 bits per heavy atom. The highest BCUT2D eigenvalue weighted by Crippen LogP contribution is 2.44. The first-order valence-electron chi connectivity index (χ1n) is 12.5. The van der Waals surface area contributed by atoms with Crippen molar-refractivity contribution >= 4 is 21.8 Å². The Hall–Kier alpha value is -3.44. The lowest BCUT2D eigenvalue weighted by atomic mass is 9.73. The number of hydrogen-bond donors (Lipinski definition) is 0. The van der Waals surface area contributed by atoms with Crippen LogP contribution < -0.4 is 9.47 Å². The standard InChI is InChI=1S/C30H31N3O2/c1-4-20-18-33-14-12-21(20)16-28(33)30(24-11-13-31-26-10-9-22(34-3)17-25(24)26)35-29-15-19(2)23-7-5-6-8-27(23)32-29/h4-11,13,15,17,20-21,28,30H,1,12,14,16,18H2,2-3H3/t20?,21?,28-,30?/m1/s1. The van der Waals surface area contributed by atoms with Crippen molar-refractivity contribution in [3.05, 3.63) is 84.6 Å². The van der Waals surface area contributed by atoms with Gasteiger partial charge in [0.2, 0.25) is 5.88 Å². The van der Waals surface area contributed by atoms with E-state index in [9.17, 15) is 0 Å². The minimum atomic E-state index is -0.172. The molecule has 0 amide bonds. The number of hydrogen-bond acceptors (Lipinski definition) is 5. The van der Waals surface area contributed by atoms with Crippen molar-refractivity contribution < 1.29 is 9.47 Å². The predicted octanol–water partition coefficient (Wildman–Crippen LogP) is 6.12. The zero-order chi connectivity index (χ0) is 23.9. The zero-order valence-electron chi connectivity index (χ0n) is 20.4. The van der Waals surface area contributed by atoms with Crippen molar-refractivity contribution in [3.8, 4) is 11.6 Å². The molecule has 3 saturated heterocycles. The van der Waals surface area contributed by atoms with E-state index in [-0.39, 0.29) is 12.1 Å². The number of aromatic nitrogens is 2. The van der Waals surface area contributed by atoms with E-state index in [1.165, 1.54) is 12.0 Å². The largest absolute Gasteiger partial charge is 0.497 e. The Kier molecular flexibility index (Phi) is 5.65. The van der Waals surface area contributed by atoms with Crippen molar-refractivity contribution in [2.24, 2.45) is 11.8 Å². The lowest BCUT2D eigenvalue weighted by Gasteiger charge is -2.51. The molecule has 0 aliphatic carbocycles. The third kappa shape index (κ3) is 3.94. The maximum absolute atomic E-state index is 6.88. The van der Waals surface area contributed by atoms with Gasteiger partial charge in [-0.3, -0.25) is 9.88 Å². The van der Waals surface area contributed by atoms with Crippen molar-refractivity contribution in [2.45, 2.75) is 31.9 Å². The third-order valence-corrected chi connectivity index (χ3v) is 7.94. The van der Waals surface area contributed by atoms with Crippen LogP contribution in [0.1, 0.15) is 30.1 Å². The lowest BCUT2D eigenvalue weighted by molar-refractivity contribution is -0.0367. The molecule has 0 radical (unpaired) electrons. The average molecular weight is 466 g/mol. The number of ether oxygens (including phenoxy) is 2. The van der Waals surface area contributed by atoms with Gasteiger partial charge in [-0.15, -0.1) is 6.58 Å². The fraction of sp³-hybridized carbons (Fsp3) is 0.333. The number of benzene rings is 2. The molecule has 0 spiro atoms. The van der Waals surface area contributed by atoms with E-state index in [0.717, 1.165) is 52.6 Å². The van der Waals surface area contributed by atoms with Gasteiger partial charge in [-0.1, -0.05) is 24.3 Å². The summed E-state index contributed by atoms with van der Waals surface area (Å²) in [5, 5.41) is 2.22. The van der Waals surface area contributed by atoms with Gasteiger partial charge >= 0.3 is 0 Å². The van der Waals surface area contributed by atoms with Crippen LogP contribution in [0.5, 0.6) is 11.6 Å². The topological polar surface area (TPSA) is 47.5 Å². The smallest absolute Gasteiger partial charge is 0.214 e. The fourth-order valence-electron chi connectivity index (χ4n) is 6.07. The van der Waals surface area contributed by atoms with Crippen molar-refractivity contribution in [1.82, 2.24) is 14.9 Å². The van der Waals surface area contributed by atoms with Crippen LogP contribution in [0.15, 0.2) is 73.4 Å². The Morgan fingerprint density at radius 3 is 2.77 bits per heavy atom. The average Bonchev–Trinajstić information content (AvgIpc) is 2.91. The molecular formula is C30H31N3O2. The van der Waals surface area contributed by atoms with E-state index in [0.29, 0.717) is 17.7 Å². The number of nitrogens with zero attached hydrogens (tertiary/aromatic N) is 3. The molecule has 5 nitrogen and oxygen atoms in total. The lowest BCUT2D eigenvalue weighted by Crippen LogP contribution is -2.55. The van der Waals surface area contributed by atoms with Gasteiger partial charge in [0.15, 0.2) is 0 Å². The molecule has 4 unspecified atom stereocenters. The first kappa shape index (κ1) is 22.1. The van der Waals surface area contributed by atoms with Crippen LogP contribution in [0, 0.1) is 18.8 Å². The summed E-state index contributed by atoms with van der Waals surface area (Å²) < 4.78 is 12.4. The molecule has 3 fully saturated rings. The molecule has 35 heavy (non-hydrogen) atoms. The third-order valence-electron chi connectivity index (χ3n) is 7.94. The number of piperidine rings is 3. The maximum atomic E-state index is 6.88. The highest BCUT2D eigenvalue weighted by molar-refractivity contribution is 5.84. The highest BCUT2D eigenvalue weighted by Gasteiger charge is 2.44. The molecule has 7 rings (SSSR count). The second-order valence-corrected chi connectivity index (χ2v) is 9.86. The number of pyridine rings is 2. The summed E-state index contributed by atoms with van der Waals surface area (Å²) in [5.41, 5.74) is 4.20. The molecule has 5 heterocycles. The van der Waals surface area contributed by atoms with Gasteiger partial charge in [-0.25, -0.2) is 4.98 Å². The molecule has 5 atom stereocenters. The highest BCUT2D eigenvalue weighted by atomic mass is 16.5. The van der Waals surface area contributed by atoms with E-state index in [2.05, 4.69) is 65.9 Å². The van der Waals surface area contributed by atoms with Gasteiger partial charge in [-0.2, -0.15) is 0 Å². The molecule has 2 aromatic heterocycles. The van der Waals surface area contributed by atoms with E-state index in [1.807, 2.05) is 24.4 Å². The van der Waals surface area contributed by atoms with Crippen LogP contribution in [0.25, 0.3) is 21.8 Å². The van der Waals surface area contributed by atoms with Crippen LogP contribution in [-0.2, 0) is 0 Å². The molecule has 5 heteroatoms. The van der Waals surface area contributed by atoms with Gasteiger partial charge in [0, 0.05) is 35.1 Å². The number of methoxy groups -OCH3 is 1. The van der Waals surface area contributed by atoms with Crippen LogP contribution >= 0.6 is 0 Å². The van der Waals surface area contributed by atoms with E-state index in [1.54, 1.807) is 7.11 Å². The molecule has 2 aromatic carbocycles. The van der Waals surface area contributed by atoms with Crippen molar-refractivity contribution in [3.63, 3.8) is 0 Å². The second-order valence-electron chi connectivity index (χ2n) is 9.86. The maximum Gasteiger partial charge on any atom is 0.214 e. The first-order chi connectivity index (χ1) is 17.1. The summed E-state index contributed by atoms with van der Waals surface area (Å²) in [7, 11) is 1.70. The molecule has 2 bridgehead atoms.